The van der Waals surface area contributed by atoms with Gasteiger partial charge in [-0.25, -0.2) is 4.39 Å². The molecule has 0 aromatic heterocycles. The molecule has 3 aliphatic carbocycles. The first-order valence-corrected chi connectivity index (χ1v) is 17.3. The average Bonchev–Trinajstić information content (AvgIpc) is 3.03. The Hall–Kier alpha value is -0.543. The number of hydrogen-bond acceptors (Lipinski definition) is 1. The van der Waals surface area contributed by atoms with Crippen LogP contribution in [0.4, 0.5) is 4.39 Å². The predicted octanol–water partition coefficient (Wildman–Crippen LogP) is 9.54. The lowest BCUT2D eigenvalue weighted by molar-refractivity contribution is -0.0420. The Morgan fingerprint density at radius 3 is 2.56 bits per heavy atom. The maximum atomic E-state index is 16.2. The number of benzene rings is 1. The van der Waals surface area contributed by atoms with Crippen molar-refractivity contribution in [1.29, 1.82) is 0 Å². The number of fused-ring (bicyclic) bond motifs is 5. The molecule has 0 heterocycles. The third-order valence-electron chi connectivity index (χ3n) is 10.7. The summed E-state index contributed by atoms with van der Waals surface area (Å²) in [4.78, 5) is 0. The van der Waals surface area contributed by atoms with Gasteiger partial charge in [0, 0.05) is 11.8 Å². The van der Waals surface area contributed by atoms with Crippen molar-refractivity contribution in [3.8, 4) is 5.75 Å². The highest BCUT2D eigenvalue weighted by Gasteiger charge is 2.59. The maximum Gasteiger partial charge on any atom is 0.250 e. The lowest BCUT2D eigenvalue weighted by Gasteiger charge is -2.55. The topological polar surface area (TPSA) is 9.23 Å². The molecule has 1 aromatic rings. The molecule has 192 valence electrons. The van der Waals surface area contributed by atoms with Crippen molar-refractivity contribution < 1.29 is 8.82 Å². The quantitative estimate of drug-likeness (QED) is 0.203. The fraction of sp³-hybridized carbons (Fsp3) is 0.800. The highest BCUT2D eigenvalue weighted by atomic mass is 35.5. The van der Waals surface area contributed by atoms with E-state index in [1.54, 1.807) is 0 Å². The van der Waals surface area contributed by atoms with Crippen LogP contribution in [0.1, 0.15) is 96.6 Å². The average molecular weight is 507 g/mol. The van der Waals surface area contributed by atoms with Gasteiger partial charge in [0.1, 0.15) is 11.9 Å². The van der Waals surface area contributed by atoms with Gasteiger partial charge in [0.25, 0.3) is 0 Å². The molecule has 0 radical (unpaired) electrons. The Bertz CT molecular complexity index is 864. The van der Waals surface area contributed by atoms with Crippen LogP contribution < -0.4 is 4.43 Å². The van der Waals surface area contributed by atoms with Crippen LogP contribution in [0.3, 0.4) is 0 Å². The van der Waals surface area contributed by atoms with Crippen LogP contribution >= 0.6 is 11.6 Å². The van der Waals surface area contributed by atoms with Crippen molar-refractivity contribution in [1.82, 2.24) is 0 Å². The van der Waals surface area contributed by atoms with Crippen LogP contribution in [0, 0.1) is 29.1 Å². The molecule has 4 heteroatoms. The second-order valence-electron chi connectivity index (χ2n) is 13.6. The first-order chi connectivity index (χ1) is 15.9. The van der Waals surface area contributed by atoms with E-state index in [4.69, 9.17) is 16.0 Å². The molecule has 0 unspecified atom stereocenters. The van der Waals surface area contributed by atoms with E-state index >= 15 is 4.39 Å². The number of unbranched alkanes of at least 4 members (excludes halogenated alkanes) is 2. The molecule has 7 atom stereocenters. The van der Waals surface area contributed by atoms with Crippen LogP contribution in [0.25, 0.3) is 0 Å². The minimum atomic E-state index is -1.91. The summed E-state index contributed by atoms with van der Waals surface area (Å²) in [5.74, 6) is 4.16. The number of hydrogen-bond donors (Lipinski definition) is 0. The zero-order chi connectivity index (χ0) is 24.9. The molecule has 0 bridgehead atoms. The Balaban J connectivity index is 1.67. The minimum absolute atomic E-state index is 0.0621. The third kappa shape index (κ3) is 4.74. The second-order valence-corrected chi connectivity index (χ2v) is 18.7. The van der Waals surface area contributed by atoms with E-state index in [0.717, 1.165) is 30.9 Å². The van der Waals surface area contributed by atoms with Crippen molar-refractivity contribution in [2.75, 3.05) is 5.88 Å². The maximum absolute atomic E-state index is 16.2. The molecule has 0 aliphatic heterocycles. The van der Waals surface area contributed by atoms with Crippen molar-refractivity contribution >= 4 is 19.9 Å². The first-order valence-electron chi connectivity index (χ1n) is 13.9. The van der Waals surface area contributed by atoms with Gasteiger partial charge < -0.3 is 4.43 Å². The van der Waals surface area contributed by atoms with Gasteiger partial charge in [-0.15, -0.1) is 11.6 Å². The summed E-state index contributed by atoms with van der Waals surface area (Å²) in [6.07, 6.45) is 8.34. The summed E-state index contributed by atoms with van der Waals surface area (Å²) >= 11 is 5.97. The Labute approximate surface area is 214 Å². The molecule has 0 N–H and O–H groups in total. The monoisotopic (exact) mass is 506 g/mol. The Kier molecular flexibility index (Phi) is 7.59. The number of halogens is 2. The summed E-state index contributed by atoms with van der Waals surface area (Å²) in [7, 11) is -1.91. The van der Waals surface area contributed by atoms with Crippen molar-refractivity contribution in [2.24, 2.45) is 29.1 Å². The van der Waals surface area contributed by atoms with Gasteiger partial charge >= 0.3 is 0 Å². The van der Waals surface area contributed by atoms with Gasteiger partial charge in [-0.1, -0.05) is 53.5 Å². The van der Waals surface area contributed by atoms with Gasteiger partial charge in [-0.2, -0.15) is 0 Å². The summed E-state index contributed by atoms with van der Waals surface area (Å²) < 4.78 is 22.8. The SMILES string of the molecule is C[C@H]1CC[C@H]2[C@@H]3[C@H](CCCCCCl)Cc4cc(O[Si](C)(C)C(C)(C)C)ccc4[C@H]3[C@@H](F)C[C@]12C. The van der Waals surface area contributed by atoms with Crippen LogP contribution in [0.2, 0.25) is 18.1 Å². The van der Waals surface area contributed by atoms with E-state index in [1.807, 2.05) is 0 Å². The fourth-order valence-corrected chi connectivity index (χ4v) is 8.70. The molecule has 0 saturated heterocycles. The molecule has 34 heavy (non-hydrogen) atoms. The molecule has 0 spiro atoms. The van der Waals surface area contributed by atoms with Crippen LogP contribution in [-0.4, -0.2) is 20.4 Å². The third-order valence-corrected chi connectivity index (χ3v) is 15.3. The lowest BCUT2D eigenvalue weighted by atomic mass is 9.50. The van der Waals surface area contributed by atoms with E-state index in [0.29, 0.717) is 23.7 Å². The molecular formula is C30H48ClFOSi. The molecule has 1 aromatic carbocycles. The molecule has 1 nitrogen and oxygen atoms in total. The molecule has 3 aliphatic rings. The van der Waals surface area contributed by atoms with Gasteiger partial charge in [-0.3, -0.25) is 0 Å². The van der Waals surface area contributed by atoms with Crippen LogP contribution in [0.15, 0.2) is 18.2 Å². The normalized spacial score (nSPS) is 35.4. The number of rotatable bonds is 7. The standard InChI is InChI=1S/C30H48ClFOSi/c1-20-12-15-25-27-21(11-9-8-10-16-31)17-22-18-23(33-34(6,7)29(2,3)4)13-14-24(22)28(27)26(32)19-30(20,25)5/h13-14,18,20-21,25-28H,8-12,15-17,19H2,1-7H3/t20-,21+,25-,26-,27-,28-,30+/m0/s1. The first kappa shape index (κ1) is 26.5. The van der Waals surface area contributed by atoms with Crippen molar-refractivity contribution in [3.63, 3.8) is 0 Å². The Morgan fingerprint density at radius 1 is 1.15 bits per heavy atom. The van der Waals surface area contributed by atoms with Gasteiger partial charge in [0.15, 0.2) is 0 Å². The molecule has 2 fully saturated rings. The van der Waals surface area contributed by atoms with Crippen molar-refractivity contribution in [3.05, 3.63) is 29.3 Å². The van der Waals surface area contributed by atoms with E-state index in [9.17, 15) is 0 Å². The Morgan fingerprint density at radius 2 is 1.88 bits per heavy atom. The highest BCUT2D eigenvalue weighted by Crippen LogP contribution is 2.65. The lowest BCUT2D eigenvalue weighted by Crippen LogP contribution is -2.50. The zero-order valence-electron chi connectivity index (χ0n) is 22.7. The minimum Gasteiger partial charge on any atom is -0.543 e. The summed E-state index contributed by atoms with van der Waals surface area (Å²) in [6.45, 7) is 16.3. The van der Waals surface area contributed by atoms with E-state index < -0.39 is 14.5 Å². The zero-order valence-corrected chi connectivity index (χ0v) is 24.5. The van der Waals surface area contributed by atoms with Crippen LogP contribution in [-0.2, 0) is 6.42 Å². The summed E-state index contributed by atoms with van der Waals surface area (Å²) in [5, 5.41) is 0.163. The molecular weight excluding hydrogens is 459 g/mol. The second kappa shape index (κ2) is 9.73. The number of alkyl halides is 2. The summed E-state index contributed by atoms with van der Waals surface area (Å²) in [5.41, 5.74) is 2.81. The van der Waals surface area contributed by atoms with E-state index in [2.05, 4.69) is 65.9 Å². The van der Waals surface area contributed by atoms with Gasteiger partial charge in [-0.05, 0) is 109 Å². The smallest absolute Gasteiger partial charge is 0.250 e. The van der Waals surface area contributed by atoms with E-state index in [-0.39, 0.29) is 16.4 Å². The van der Waals surface area contributed by atoms with Crippen LogP contribution in [0.5, 0.6) is 5.75 Å². The van der Waals surface area contributed by atoms with Crippen molar-refractivity contribution in [2.45, 2.75) is 116 Å². The highest BCUT2D eigenvalue weighted by molar-refractivity contribution is 6.74. The molecule has 4 rings (SSSR count). The molecule has 2 saturated carbocycles. The van der Waals surface area contributed by atoms with Gasteiger partial charge in [0.05, 0.1) is 0 Å². The predicted molar refractivity (Wildman–Crippen MR) is 146 cm³/mol. The van der Waals surface area contributed by atoms with E-state index in [1.165, 1.54) is 43.2 Å². The molecule has 0 amide bonds. The largest absolute Gasteiger partial charge is 0.543 e. The van der Waals surface area contributed by atoms with Gasteiger partial charge in [0.2, 0.25) is 8.32 Å². The summed E-state index contributed by atoms with van der Waals surface area (Å²) in [6, 6.07) is 6.68. The fourth-order valence-electron chi connectivity index (χ4n) is 7.49.